The number of aromatic amines is 1. The van der Waals surface area contributed by atoms with Crippen molar-refractivity contribution in [2.75, 3.05) is 0 Å². The Hall–Kier alpha value is -3.51. The summed E-state index contributed by atoms with van der Waals surface area (Å²) < 4.78 is 10.7. The summed E-state index contributed by atoms with van der Waals surface area (Å²) in [5.41, 5.74) is 7.41. The molecule has 0 fully saturated rings. The van der Waals surface area contributed by atoms with Crippen LogP contribution in [0.2, 0.25) is 5.02 Å². The summed E-state index contributed by atoms with van der Waals surface area (Å²) in [6.45, 7) is 0. The van der Waals surface area contributed by atoms with Crippen LogP contribution in [0.15, 0.2) is 66.7 Å². The Morgan fingerprint density at radius 2 is 1.74 bits per heavy atom. The van der Waals surface area contributed by atoms with E-state index in [0.717, 1.165) is 11.1 Å². The highest BCUT2D eigenvalue weighted by Gasteiger charge is 2.08. The smallest absolute Gasteiger partial charge is 0.409 e. The van der Waals surface area contributed by atoms with Crippen molar-refractivity contribution in [2.45, 2.75) is 0 Å². The van der Waals surface area contributed by atoms with Crippen LogP contribution in [0.1, 0.15) is 0 Å². The normalized spacial score (nSPS) is 10.7. The van der Waals surface area contributed by atoms with Gasteiger partial charge in [0.2, 0.25) is 0 Å². The number of primary amides is 1. The van der Waals surface area contributed by atoms with Crippen LogP contribution in [0.4, 0.5) is 4.79 Å². The highest BCUT2D eigenvalue weighted by Crippen LogP contribution is 2.28. The molecule has 27 heavy (non-hydrogen) atoms. The molecule has 1 heterocycles. The lowest BCUT2D eigenvalue weighted by Crippen LogP contribution is -2.16. The summed E-state index contributed by atoms with van der Waals surface area (Å²) in [6.07, 6.45) is -0.861. The maximum atomic E-state index is 10.9. The fourth-order valence-corrected chi connectivity index (χ4v) is 2.83. The van der Waals surface area contributed by atoms with Crippen molar-refractivity contribution in [1.82, 2.24) is 9.97 Å². The van der Waals surface area contributed by atoms with Gasteiger partial charge < -0.3 is 20.2 Å². The summed E-state index contributed by atoms with van der Waals surface area (Å²) >= 11 is 5.97. The van der Waals surface area contributed by atoms with Gasteiger partial charge in [0.1, 0.15) is 23.1 Å². The van der Waals surface area contributed by atoms with E-state index in [9.17, 15) is 4.79 Å². The molecule has 1 amide bonds. The molecule has 7 heteroatoms. The first-order valence-corrected chi connectivity index (χ1v) is 8.45. The number of rotatable bonds is 4. The van der Waals surface area contributed by atoms with Gasteiger partial charge in [0.05, 0.1) is 11.0 Å². The lowest BCUT2D eigenvalue weighted by molar-refractivity contribution is 0.211. The Morgan fingerprint density at radius 1 is 0.963 bits per heavy atom. The third-order valence-corrected chi connectivity index (χ3v) is 4.07. The van der Waals surface area contributed by atoms with Crippen molar-refractivity contribution in [3.63, 3.8) is 0 Å². The SMILES string of the molecule is NC(=O)Oc1ccc2[nH]c(-c3ccc(Oc4cccc(Cl)c4)cc3)nc2c1. The van der Waals surface area contributed by atoms with E-state index >= 15 is 0 Å². The molecule has 0 aliphatic rings. The van der Waals surface area contributed by atoms with E-state index in [2.05, 4.69) is 9.97 Å². The molecule has 0 saturated carbocycles. The molecule has 3 aromatic carbocycles. The highest BCUT2D eigenvalue weighted by molar-refractivity contribution is 6.30. The van der Waals surface area contributed by atoms with Crippen molar-refractivity contribution in [2.24, 2.45) is 5.73 Å². The van der Waals surface area contributed by atoms with E-state index in [0.29, 0.717) is 33.6 Å². The Balaban J connectivity index is 1.57. The van der Waals surface area contributed by atoms with Crippen LogP contribution < -0.4 is 15.2 Å². The van der Waals surface area contributed by atoms with Gasteiger partial charge in [-0.05, 0) is 54.6 Å². The predicted octanol–water partition coefficient (Wildman–Crippen LogP) is 5.13. The van der Waals surface area contributed by atoms with Gasteiger partial charge in [-0.15, -0.1) is 0 Å². The number of fused-ring (bicyclic) bond motifs is 1. The van der Waals surface area contributed by atoms with Crippen LogP contribution in [0, 0.1) is 0 Å². The minimum atomic E-state index is -0.861. The zero-order chi connectivity index (χ0) is 18.8. The van der Waals surface area contributed by atoms with Crippen molar-refractivity contribution < 1.29 is 14.3 Å². The van der Waals surface area contributed by atoms with Gasteiger partial charge in [-0.1, -0.05) is 17.7 Å². The van der Waals surface area contributed by atoms with Crippen LogP contribution >= 0.6 is 11.6 Å². The first kappa shape index (κ1) is 16.9. The Kier molecular flexibility index (Phi) is 4.40. The summed E-state index contributed by atoms with van der Waals surface area (Å²) in [5, 5.41) is 0.617. The lowest BCUT2D eigenvalue weighted by atomic mass is 10.2. The Morgan fingerprint density at radius 3 is 2.48 bits per heavy atom. The molecule has 3 N–H and O–H groups in total. The van der Waals surface area contributed by atoms with E-state index in [1.807, 2.05) is 36.4 Å². The maximum absolute atomic E-state index is 10.9. The van der Waals surface area contributed by atoms with Crippen LogP contribution in [0.5, 0.6) is 17.2 Å². The molecule has 0 radical (unpaired) electrons. The first-order valence-electron chi connectivity index (χ1n) is 8.08. The molecule has 6 nitrogen and oxygen atoms in total. The van der Waals surface area contributed by atoms with Gasteiger partial charge in [-0.3, -0.25) is 0 Å². The maximum Gasteiger partial charge on any atom is 0.409 e. The molecule has 0 unspecified atom stereocenters. The standard InChI is InChI=1S/C20H14ClN3O3/c21-13-2-1-3-15(10-13)26-14-6-4-12(5-7-14)19-23-17-9-8-16(27-20(22)25)11-18(17)24-19/h1-11H,(H2,22,25)(H,23,24). The quantitative estimate of drug-likeness (QED) is 0.514. The zero-order valence-electron chi connectivity index (χ0n) is 14.0. The minimum Gasteiger partial charge on any atom is -0.457 e. The fraction of sp³-hybridized carbons (Fsp3) is 0. The van der Waals surface area contributed by atoms with Crippen LogP contribution in [-0.4, -0.2) is 16.1 Å². The number of aromatic nitrogens is 2. The molecule has 0 spiro atoms. The fourth-order valence-electron chi connectivity index (χ4n) is 2.65. The Bertz CT molecular complexity index is 1120. The number of hydrogen-bond acceptors (Lipinski definition) is 4. The van der Waals surface area contributed by atoms with E-state index in [4.69, 9.17) is 26.8 Å². The third-order valence-electron chi connectivity index (χ3n) is 3.83. The average molecular weight is 380 g/mol. The summed E-state index contributed by atoms with van der Waals surface area (Å²) in [7, 11) is 0. The molecule has 4 aromatic rings. The molecule has 0 aliphatic carbocycles. The number of ether oxygens (including phenoxy) is 2. The molecule has 1 aromatic heterocycles. The molecule has 0 atom stereocenters. The molecule has 0 bridgehead atoms. The van der Waals surface area contributed by atoms with Crippen LogP contribution in [-0.2, 0) is 0 Å². The van der Waals surface area contributed by atoms with Gasteiger partial charge in [0, 0.05) is 16.7 Å². The number of carbonyl (C=O) groups excluding carboxylic acids is 1. The Labute approximate surface area is 159 Å². The minimum absolute atomic E-state index is 0.346. The van der Waals surface area contributed by atoms with Gasteiger partial charge in [0.15, 0.2) is 0 Å². The van der Waals surface area contributed by atoms with Crippen LogP contribution in [0.25, 0.3) is 22.4 Å². The number of imidazole rings is 1. The number of benzene rings is 3. The number of nitrogens with one attached hydrogen (secondary N) is 1. The molecule has 0 saturated heterocycles. The summed E-state index contributed by atoms with van der Waals surface area (Å²) in [5.74, 6) is 2.39. The number of nitrogens with zero attached hydrogens (tertiary/aromatic N) is 1. The monoisotopic (exact) mass is 379 g/mol. The van der Waals surface area contributed by atoms with Crippen molar-refractivity contribution >= 4 is 28.7 Å². The second-order valence-corrected chi connectivity index (χ2v) is 6.21. The van der Waals surface area contributed by atoms with Gasteiger partial charge in [-0.25, -0.2) is 9.78 Å². The number of halogens is 1. The molecular formula is C20H14ClN3O3. The van der Waals surface area contributed by atoms with Crippen molar-refractivity contribution in [1.29, 1.82) is 0 Å². The second-order valence-electron chi connectivity index (χ2n) is 5.77. The molecule has 134 valence electrons. The lowest BCUT2D eigenvalue weighted by Gasteiger charge is -2.06. The molecule has 4 rings (SSSR count). The summed E-state index contributed by atoms with van der Waals surface area (Å²) in [4.78, 5) is 18.6. The van der Waals surface area contributed by atoms with E-state index < -0.39 is 6.09 Å². The van der Waals surface area contributed by atoms with Gasteiger partial charge in [-0.2, -0.15) is 0 Å². The largest absolute Gasteiger partial charge is 0.457 e. The number of carbonyl (C=O) groups is 1. The topological polar surface area (TPSA) is 90.2 Å². The predicted molar refractivity (Wildman–Crippen MR) is 103 cm³/mol. The first-order chi connectivity index (χ1) is 13.1. The highest BCUT2D eigenvalue weighted by atomic mass is 35.5. The number of H-pyrrole nitrogens is 1. The molecular weight excluding hydrogens is 366 g/mol. The summed E-state index contributed by atoms with van der Waals surface area (Å²) in [6, 6.07) is 19.8. The third kappa shape index (κ3) is 3.86. The average Bonchev–Trinajstić information content (AvgIpc) is 3.05. The van der Waals surface area contributed by atoms with Crippen LogP contribution in [0.3, 0.4) is 0 Å². The van der Waals surface area contributed by atoms with Gasteiger partial charge in [0.25, 0.3) is 0 Å². The number of nitrogens with two attached hydrogens (primary N) is 1. The van der Waals surface area contributed by atoms with Crippen molar-refractivity contribution in [3.05, 3.63) is 71.8 Å². The zero-order valence-corrected chi connectivity index (χ0v) is 14.7. The molecule has 0 aliphatic heterocycles. The number of amides is 1. The second kappa shape index (κ2) is 7.01. The van der Waals surface area contributed by atoms with Crippen molar-refractivity contribution in [3.8, 4) is 28.6 Å². The van der Waals surface area contributed by atoms with E-state index in [-0.39, 0.29) is 0 Å². The van der Waals surface area contributed by atoms with Gasteiger partial charge >= 0.3 is 6.09 Å². The van der Waals surface area contributed by atoms with E-state index in [1.54, 1.807) is 30.3 Å². The van der Waals surface area contributed by atoms with E-state index in [1.165, 1.54) is 0 Å². The number of hydrogen-bond donors (Lipinski definition) is 2.